The fourth-order valence-corrected chi connectivity index (χ4v) is 2.32. The van der Waals surface area contributed by atoms with Crippen LogP contribution < -0.4 is 10.6 Å². The first-order valence-corrected chi connectivity index (χ1v) is 6.84. The third-order valence-corrected chi connectivity index (χ3v) is 4.36. The molecular formula is C14H28N2O2. The first-order valence-electron chi connectivity index (χ1n) is 6.84. The van der Waals surface area contributed by atoms with Gasteiger partial charge in [-0.3, -0.25) is 4.79 Å². The van der Waals surface area contributed by atoms with Crippen molar-refractivity contribution in [2.45, 2.75) is 59.2 Å². The third-order valence-electron chi connectivity index (χ3n) is 4.36. The zero-order chi connectivity index (χ0) is 13.9. The molecule has 0 aliphatic heterocycles. The van der Waals surface area contributed by atoms with Crippen LogP contribution in [0.25, 0.3) is 0 Å². The van der Waals surface area contributed by atoms with E-state index in [1.807, 2.05) is 6.92 Å². The Hall–Kier alpha value is -0.610. The molecule has 0 heterocycles. The highest BCUT2D eigenvalue weighted by atomic mass is 16.5. The van der Waals surface area contributed by atoms with Crippen molar-refractivity contribution in [2.24, 2.45) is 11.3 Å². The number of rotatable bonds is 6. The summed E-state index contributed by atoms with van der Waals surface area (Å²) < 4.78 is 5.39. The Labute approximate surface area is 111 Å². The zero-order valence-corrected chi connectivity index (χ0v) is 12.5. The molecule has 0 saturated heterocycles. The van der Waals surface area contributed by atoms with Gasteiger partial charge in [0, 0.05) is 24.6 Å². The highest BCUT2D eigenvalue weighted by Gasteiger charge is 2.48. The number of methoxy groups -OCH3 is 1. The molecule has 1 rings (SSSR count). The standard InChI is InChI=1S/C14H28N2O2/c1-9(2)10(3)16-13(17)8-15-11-7-12(18-6)14(11,4)5/h9-12,15H,7-8H2,1-6H3,(H,16,17). The van der Waals surface area contributed by atoms with Gasteiger partial charge in [0.05, 0.1) is 12.6 Å². The predicted molar refractivity (Wildman–Crippen MR) is 73.4 cm³/mol. The van der Waals surface area contributed by atoms with E-state index >= 15 is 0 Å². The van der Waals surface area contributed by atoms with Gasteiger partial charge >= 0.3 is 0 Å². The Kier molecular flexibility index (Phi) is 5.17. The van der Waals surface area contributed by atoms with Crippen molar-refractivity contribution in [1.29, 1.82) is 0 Å². The molecule has 1 amide bonds. The second kappa shape index (κ2) is 6.02. The topological polar surface area (TPSA) is 50.4 Å². The molecule has 0 aromatic rings. The van der Waals surface area contributed by atoms with Crippen LogP contribution in [-0.2, 0) is 9.53 Å². The van der Waals surface area contributed by atoms with Crippen LogP contribution in [0.4, 0.5) is 0 Å². The van der Waals surface area contributed by atoms with Crippen LogP contribution >= 0.6 is 0 Å². The van der Waals surface area contributed by atoms with Gasteiger partial charge in [0.2, 0.25) is 5.91 Å². The molecule has 3 atom stereocenters. The molecule has 4 nitrogen and oxygen atoms in total. The second-order valence-electron chi connectivity index (χ2n) is 6.32. The van der Waals surface area contributed by atoms with E-state index in [1.165, 1.54) is 0 Å². The Morgan fingerprint density at radius 2 is 2.00 bits per heavy atom. The van der Waals surface area contributed by atoms with E-state index in [0.29, 0.717) is 24.6 Å². The Morgan fingerprint density at radius 3 is 2.44 bits per heavy atom. The second-order valence-corrected chi connectivity index (χ2v) is 6.32. The molecule has 4 heteroatoms. The summed E-state index contributed by atoms with van der Waals surface area (Å²) in [5, 5.41) is 6.33. The fourth-order valence-electron chi connectivity index (χ4n) is 2.32. The zero-order valence-electron chi connectivity index (χ0n) is 12.5. The molecule has 0 radical (unpaired) electrons. The SMILES string of the molecule is COC1CC(NCC(=O)NC(C)C(C)C)C1(C)C. The molecule has 0 aromatic carbocycles. The van der Waals surface area contributed by atoms with Crippen molar-refractivity contribution >= 4 is 5.91 Å². The lowest BCUT2D eigenvalue weighted by Gasteiger charge is -2.51. The molecule has 2 N–H and O–H groups in total. The average Bonchev–Trinajstić information content (AvgIpc) is 2.27. The monoisotopic (exact) mass is 256 g/mol. The molecular weight excluding hydrogens is 228 g/mol. The number of carbonyl (C=O) groups excluding carboxylic acids is 1. The quantitative estimate of drug-likeness (QED) is 0.758. The summed E-state index contributed by atoms with van der Waals surface area (Å²) in [7, 11) is 1.75. The van der Waals surface area contributed by atoms with Crippen LogP contribution in [-0.4, -0.2) is 37.7 Å². The summed E-state index contributed by atoms with van der Waals surface area (Å²) in [4.78, 5) is 11.8. The maximum Gasteiger partial charge on any atom is 0.234 e. The van der Waals surface area contributed by atoms with E-state index in [-0.39, 0.29) is 17.4 Å². The molecule has 0 spiro atoms. The number of hydrogen-bond donors (Lipinski definition) is 2. The largest absolute Gasteiger partial charge is 0.381 e. The van der Waals surface area contributed by atoms with Crippen LogP contribution in [0.15, 0.2) is 0 Å². The number of nitrogens with one attached hydrogen (secondary N) is 2. The van der Waals surface area contributed by atoms with E-state index in [2.05, 4.69) is 38.3 Å². The van der Waals surface area contributed by atoms with Crippen LogP contribution in [0.3, 0.4) is 0 Å². The van der Waals surface area contributed by atoms with Gasteiger partial charge < -0.3 is 15.4 Å². The van der Waals surface area contributed by atoms with Gasteiger partial charge in [-0.25, -0.2) is 0 Å². The molecule has 1 saturated carbocycles. The summed E-state index contributed by atoms with van der Waals surface area (Å²) in [5.74, 6) is 0.542. The molecule has 0 aromatic heterocycles. The number of hydrogen-bond acceptors (Lipinski definition) is 3. The van der Waals surface area contributed by atoms with E-state index in [1.54, 1.807) is 7.11 Å². The van der Waals surface area contributed by atoms with Crippen molar-refractivity contribution in [2.75, 3.05) is 13.7 Å². The highest BCUT2D eigenvalue weighted by molar-refractivity contribution is 5.78. The van der Waals surface area contributed by atoms with Crippen LogP contribution in [0.2, 0.25) is 0 Å². The number of ether oxygens (including phenoxy) is 1. The third kappa shape index (κ3) is 3.45. The van der Waals surface area contributed by atoms with Gasteiger partial charge in [-0.15, -0.1) is 0 Å². The van der Waals surface area contributed by atoms with Crippen molar-refractivity contribution in [3.8, 4) is 0 Å². The summed E-state index contributed by atoms with van der Waals surface area (Å²) in [6, 6.07) is 0.586. The Balaban J connectivity index is 2.28. The van der Waals surface area contributed by atoms with E-state index in [4.69, 9.17) is 4.74 Å². The maximum absolute atomic E-state index is 11.8. The summed E-state index contributed by atoms with van der Waals surface area (Å²) >= 11 is 0. The van der Waals surface area contributed by atoms with Crippen molar-refractivity contribution < 1.29 is 9.53 Å². The first kappa shape index (κ1) is 15.4. The average molecular weight is 256 g/mol. The lowest BCUT2D eigenvalue weighted by molar-refractivity contribution is -0.124. The van der Waals surface area contributed by atoms with Crippen LogP contribution in [0, 0.1) is 11.3 Å². The smallest absolute Gasteiger partial charge is 0.234 e. The van der Waals surface area contributed by atoms with Gasteiger partial charge in [-0.2, -0.15) is 0 Å². The lowest BCUT2D eigenvalue weighted by Crippen LogP contribution is -2.61. The first-order chi connectivity index (χ1) is 8.28. The minimum absolute atomic E-state index is 0.0767. The molecule has 1 fully saturated rings. The molecule has 3 unspecified atom stereocenters. The van der Waals surface area contributed by atoms with Gasteiger partial charge in [-0.05, 0) is 19.3 Å². The summed E-state index contributed by atoms with van der Waals surface area (Å²) in [6.45, 7) is 11.0. The molecule has 106 valence electrons. The fraction of sp³-hybridized carbons (Fsp3) is 0.929. The van der Waals surface area contributed by atoms with E-state index in [9.17, 15) is 4.79 Å². The normalized spacial score (nSPS) is 27.7. The van der Waals surface area contributed by atoms with Crippen LogP contribution in [0.1, 0.15) is 41.0 Å². The molecule has 1 aliphatic rings. The highest BCUT2D eigenvalue weighted by Crippen LogP contribution is 2.42. The summed E-state index contributed by atoms with van der Waals surface area (Å²) in [5.41, 5.74) is 0.110. The number of carbonyl (C=O) groups is 1. The predicted octanol–water partition coefficient (Wildman–Crippen LogP) is 1.55. The van der Waals surface area contributed by atoms with Gasteiger partial charge in [0.1, 0.15) is 0 Å². The van der Waals surface area contributed by atoms with Gasteiger partial charge in [0.25, 0.3) is 0 Å². The van der Waals surface area contributed by atoms with E-state index in [0.717, 1.165) is 6.42 Å². The minimum Gasteiger partial charge on any atom is -0.381 e. The Morgan fingerprint density at radius 1 is 1.39 bits per heavy atom. The van der Waals surface area contributed by atoms with Crippen LogP contribution in [0.5, 0.6) is 0 Å². The minimum atomic E-state index is 0.0767. The maximum atomic E-state index is 11.8. The van der Waals surface area contributed by atoms with Crippen molar-refractivity contribution in [3.05, 3.63) is 0 Å². The van der Waals surface area contributed by atoms with Gasteiger partial charge in [0.15, 0.2) is 0 Å². The summed E-state index contributed by atoms with van der Waals surface area (Å²) in [6.07, 6.45) is 1.28. The van der Waals surface area contributed by atoms with Crippen molar-refractivity contribution in [1.82, 2.24) is 10.6 Å². The molecule has 0 bridgehead atoms. The van der Waals surface area contributed by atoms with Crippen molar-refractivity contribution in [3.63, 3.8) is 0 Å². The van der Waals surface area contributed by atoms with Gasteiger partial charge in [-0.1, -0.05) is 27.7 Å². The Bertz CT molecular complexity index is 290. The van der Waals surface area contributed by atoms with E-state index < -0.39 is 0 Å². The molecule has 18 heavy (non-hydrogen) atoms. The number of amides is 1. The lowest BCUT2D eigenvalue weighted by atomic mass is 9.64. The molecule has 1 aliphatic carbocycles.